The van der Waals surface area contributed by atoms with Gasteiger partial charge in [0.05, 0.1) is 15.9 Å². The van der Waals surface area contributed by atoms with Gasteiger partial charge in [0.2, 0.25) is 0 Å². The highest BCUT2D eigenvalue weighted by Gasteiger charge is 2.29. The van der Waals surface area contributed by atoms with Crippen LogP contribution in [0.15, 0.2) is 54.6 Å². The third-order valence-electron chi connectivity index (χ3n) is 4.06. The van der Waals surface area contributed by atoms with Crippen LogP contribution in [0.5, 0.6) is 0 Å². The van der Waals surface area contributed by atoms with E-state index in [0.717, 1.165) is 15.9 Å². The summed E-state index contributed by atoms with van der Waals surface area (Å²) in [7, 11) is -3.53. The van der Waals surface area contributed by atoms with Gasteiger partial charge in [0.15, 0.2) is 15.7 Å². The Balaban J connectivity index is 1.65. The third kappa shape index (κ3) is 3.11. The molecule has 0 spiro atoms. The summed E-state index contributed by atoms with van der Waals surface area (Å²) in [5.74, 6) is 0.145. The third-order valence-corrected chi connectivity index (χ3v) is 7.24. The fourth-order valence-corrected chi connectivity index (χ4v) is 5.26. The Morgan fingerprint density at radius 2 is 1.81 bits per heavy atom. The lowest BCUT2D eigenvalue weighted by molar-refractivity contribution is 0.579. The molecule has 0 aliphatic heterocycles. The van der Waals surface area contributed by atoms with Crippen molar-refractivity contribution < 1.29 is 8.42 Å². The Bertz CT molecular complexity index is 1120. The summed E-state index contributed by atoms with van der Waals surface area (Å²) in [6.45, 7) is 1.60. The van der Waals surface area contributed by atoms with Gasteiger partial charge in [-0.3, -0.25) is 0 Å². The summed E-state index contributed by atoms with van der Waals surface area (Å²) in [5.41, 5.74) is 1.53. The maximum atomic E-state index is 12.9. The van der Waals surface area contributed by atoms with Gasteiger partial charge >= 0.3 is 0 Å². The summed E-state index contributed by atoms with van der Waals surface area (Å²) < 4.78 is 28.3. The van der Waals surface area contributed by atoms with E-state index in [0.29, 0.717) is 5.01 Å². The van der Waals surface area contributed by atoms with E-state index in [1.165, 1.54) is 16.0 Å². The van der Waals surface area contributed by atoms with Gasteiger partial charge in [-0.2, -0.15) is 4.68 Å². The van der Waals surface area contributed by atoms with Crippen molar-refractivity contribution in [3.05, 3.63) is 65.4 Å². The molecule has 0 N–H and O–H groups in total. The smallest absolute Gasteiger partial charge is 0.174 e. The zero-order valence-electron chi connectivity index (χ0n) is 13.8. The molecular formula is C17H15N5O2S2. The molecule has 0 radical (unpaired) electrons. The summed E-state index contributed by atoms with van der Waals surface area (Å²) in [6.07, 6.45) is 0. The molecule has 0 aliphatic carbocycles. The molecule has 4 rings (SSSR count). The second kappa shape index (κ2) is 6.58. The summed E-state index contributed by atoms with van der Waals surface area (Å²) in [4.78, 5) is 4.42. The Kier molecular flexibility index (Phi) is 4.25. The fraction of sp³-hybridized carbons (Fsp3) is 0.176. The zero-order valence-corrected chi connectivity index (χ0v) is 15.5. The number of aromatic nitrogens is 5. The van der Waals surface area contributed by atoms with Crippen molar-refractivity contribution in [2.45, 2.75) is 17.9 Å². The minimum Gasteiger partial charge on any atom is -0.240 e. The first-order valence-corrected chi connectivity index (χ1v) is 10.5. The molecule has 26 heavy (non-hydrogen) atoms. The van der Waals surface area contributed by atoms with Gasteiger partial charge in [0, 0.05) is 0 Å². The molecule has 2 aromatic heterocycles. The quantitative estimate of drug-likeness (QED) is 0.525. The lowest BCUT2D eigenvalue weighted by Crippen LogP contribution is -2.17. The maximum absolute atomic E-state index is 12.9. The number of thiazole rings is 1. The molecule has 0 fully saturated rings. The average Bonchev–Trinajstić information content (AvgIpc) is 3.27. The highest BCUT2D eigenvalue weighted by Crippen LogP contribution is 2.28. The van der Waals surface area contributed by atoms with Gasteiger partial charge in [-0.15, -0.1) is 16.4 Å². The molecule has 0 unspecified atom stereocenters. The van der Waals surface area contributed by atoms with Crippen molar-refractivity contribution in [1.82, 2.24) is 25.2 Å². The van der Waals surface area contributed by atoms with E-state index in [1.54, 1.807) is 6.92 Å². The zero-order chi connectivity index (χ0) is 18.1. The maximum Gasteiger partial charge on any atom is 0.174 e. The predicted octanol–water partition coefficient (Wildman–Crippen LogP) is 2.95. The fourth-order valence-electron chi connectivity index (χ4n) is 2.64. The lowest BCUT2D eigenvalue weighted by Gasteiger charge is -2.12. The van der Waals surface area contributed by atoms with Crippen molar-refractivity contribution in [1.29, 1.82) is 0 Å². The van der Waals surface area contributed by atoms with E-state index in [1.807, 2.05) is 54.6 Å². The van der Waals surface area contributed by atoms with Crippen LogP contribution in [-0.4, -0.2) is 33.6 Å². The number of nitrogens with zero attached hydrogens (tertiary/aromatic N) is 5. The number of para-hydroxylation sites is 2. The Morgan fingerprint density at radius 3 is 2.58 bits per heavy atom. The Morgan fingerprint density at radius 1 is 1.08 bits per heavy atom. The first-order chi connectivity index (χ1) is 12.5. The van der Waals surface area contributed by atoms with E-state index >= 15 is 0 Å². The standard InChI is InChI=1S/C17H15N5O2S2/c1-12(17-19-20-21-22(17)13-7-3-2-4-8-13)26(23,24)11-16-18-14-9-5-6-10-15(14)25-16/h2-10,12H,11H2,1H3/t12-/m1/s1. The number of sulfone groups is 1. The summed E-state index contributed by atoms with van der Waals surface area (Å²) in [5, 5.41) is 11.3. The summed E-state index contributed by atoms with van der Waals surface area (Å²) in [6, 6.07) is 16.8. The second-order valence-corrected chi connectivity index (χ2v) is 9.25. The van der Waals surface area contributed by atoms with E-state index in [9.17, 15) is 8.42 Å². The van der Waals surface area contributed by atoms with Crippen LogP contribution in [0.25, 0.3) is 15.9 Å². The molecule has 0 aliphatic rings. The number of benzene rings is 2. The number of fused-ring (bicyclic) bond motifs is 1. The van der Waals surface area contributed by atoms with Gasteiger partial charge < -0.3 is 0 Å². The van der Waals surface area contributed by atoms with Crippen LogP contribution in [0, 0.1) is 0 Å². The van der Waals surface area contributed by atoms with Crippen LogP contribution < -0.4 is 0 Å². The van der Waals surface area contributed by atoms with E-state index in [-0.39, 0.29) is 11.6 Å². The lowest BCUT2D eigenvalue weighted by atomic mass is 10.3. The van der Waals surface area contributed by atoms with Crippen LogP contribution in [-0.2, 0) is 15.6 Å². The molecule has 2 heterocycles. The molecule has 0 bridgehead atoms. The number of tetrazole rings is 1. The SMILES string of the molecule is C[C@H](c1nnnn1-c1ccccc1)S(=O)(=O)Cc1nc2ccccc2s1. The molecule has 2 aromatic carbocycles. The van der Waals surface area contributed by atoms with Crippen LogP contribution in [0.1, 0.15) is 23.0 Å². The average molecular weight is 385 g/mol. The molecule has 0 amide bonds. The molecule has 1 atom stereocenters. The monoisotopic (exact) mass is 385 g/mol. The molecule has 4 aromatic rings. The minimum absolute atomic E-state index is 0.144. The van der Waals surface area contributed by atoms with Crippen molar-refractivity contribution in [2.75, 3.05) is 0 Å². The van der Waals surface area contributed by atoms with E-state index in [2.05, 4.69) is 20.5 Å². The molecule has 132 valence electrons. The Labute approximate surface area is 154 Å². The first-order valence-electron chi connectivity index (χ1n) is 7.94. The normalized spacial score (nSPS) is 13.1. The van der Waals surface area contributed by atoms with Crippen molar-refractivity contribution in [3.8, 4) is 5.69 Å². The predicted molar refractivity (Wildman–Crippen MR) is 99.8 cm³/mol. The van der Waals surface area contributed by atoms with Crippen molar-refractivity contribution in [2.24, 2.45) is 0 Å². The van der Waals surface area contributed by atoms with Gasteiger partial charge in [-0.25, -0.2) is 13.4 Å². The van der Waals surface area contributed by atoms with Crippen molar-refractivity contribution >= 4 is 31.4 Å². The molecular weight excluding hydrogens is 370 g/mol. The van der Waals surface area contributed by atoms with Gasteiger partial charge in [0.1, 0.15) is 16.0 Å². The van der Waals surface area contributed by atoms with Gasteiger partial charge in [-0.05, 0) is 41.6 Å². The molecule has 0 saturated heterocycles. The van der Waals surface area contributed by atoms with Crippen LogP contribution in [0.4, 0.5) is 0 Å². The van der Waals surface area contributed by atoms with Gasteiger partial charge in [0.25, 0.3) is 0 Å². The highest BCUT2D eigenvalue weighted by atomic mass is 32.2. The summed E-state index contributed by atoms with van der Waals surface area (Å²) >= 11 is 1.39. The number of hydrogen-bond donors (Lipinski definition) is 0. The highest BCUT2D eigenvalue weighted by molar-refractivity contribution is 7.91. The Hall–Kier alpha value is -2.65. The van der Waals surface area contributed by atoms with E-state index < -0.39 is 15.1 Å². The minimum atomic E-state index is -3.53. The van der Waals surface area contributed by atoms with Crippen LogP contribution in [0.2, 0.25) is 0 Å². The molecule has 9 heteroatoms. The molecule has 7 nitrogen and oxygen atoms in total. The molecule has 0 saturated carbocycles. The van der Waals surface area contributed by atoms with Crippen LogP contribution in [0.3, 0.4) is 0 Å². The first kappa shape index (κ1) is 16.8. The van der Waals surface area contributed by atoms with E-state index in [4.69, 9.17) is 0 Å². The van der Waals surface area contributed by atoms with Gasteiger partial charge in [-0.1, -0.05) is 30.3 Å². The number of rotatable bonds is 5. The van der Waals surface area contributed by atoms with Crippen LogP contribution >= 0.6 is 11.3 Å². The number of hydrogen-bond acceptors (Lipinski definition) is 7. The topological polar surface area (TPSA) is 90.6 Å². The largest absolute Gasteiger partial charge is 0.240 e. The van der Waals surface area contributed by atoms with Crippen molar-refractivity contribution in [3.63, 3.8) is 0 Å². The second-order valence-electron chi connectivity index (χ2n) is 5.81.